The Morgan fingerprint density at radius 2 is 1.55 bits per heavy atom. The van der Waals surface area contributed by atoms with Gasteiger partial charge in [-0.15, -0.1) is 0 Å². The first-order valence-corrected chi connectivity index (χ1v) is 10.3. The van der Waals surface area contributed by atoms with Crippen LogP contribution in [0, 0.1) is 5.82 Å². The fraction of sp³-hybridized carbons (Fsp3) is 0.280. The van der Waals surface area contributed by atoms with Crippen molar-refractivity contribution in [3.8, 4) is 0 Å². The lowest BCUT2D eigenvalue weighted by Crippen LogP contribution is -2.54. The third-order valence-corrected chi connectivity index (χ3v) is 5.61. The van der Waals surface area contributed by atoms with Crippen molar-refractivity contribution in [1.29, 1.82) is 0 Å². The maximum absolute atomic E-state index is 13.3. The van der Waals surface area contributed by atoms with Crippen LogP contribution in [0.25, 0.3) is 10.8 Å². The van der Waals surface area contributed by atoms with E-state index in [4.69, 9.17) is 0 Å². The lowest BCUT2D eigenvalue weighted by molar-refractivity contribution is -0.140. The van der Waals surface area contributed by atoms with E-state index in [1.165, 1.54) is 17.0 Å². The summed E-state index contributed by atoms with van der Waals surface area (Å²) in [5, 5.41) is 7.99. The van der Waals surface area contributed by atoms with Crippen molar-refractivity contribution in [2.45, 2.75) is 24.9 Å². The lowest BCUT2D eigenvalue weighted by atomic mass is 9.99. The van der Waals surface area contributed by atoms with Gasteiger partial charge in [-0.1, -0.05) is 54.6 Å². The molecule has 0 saturated heterocycles. The molecule has 0 aromatic heterocycles. The molecule has 0 spiro atoms. The Hall–Kier alpha value is -3.25. The van der Waals surface area contributed by atoms with Crippen LogP contribution in [-0.2, 0) is 22.4 Å². The van der Waals surface area contributed by atoms with E-state index >= 15 is 0 Å². The van der Waals surface area contributed by atoms with Gasteiger partial charge in [0.2, 0.25) is 11.8 Å². The van der Waals surface area contributed by atoms with E-state index < -0.39 is 12.1 Å². The Kier molecular flexibility index (Phi) is 7.36. The topological polar surface area (TPSA) is 61.4 Å². The van der Waals surface area contributed by atoms with Gasteiger partial charge in [0, 0.05) is 20.5 Å². The molecule has 6 heteroatoms. The van der Waals surface area contributed by atoms with Crippen LogP contribution < -0.4 is 10.6 Å². The fourth-order valence-corrected chi connectivity index (χ4v) is 3.73. The van der Waals surface area contributed by atoms with Gasteiger partial charge in [0.25, 0.3) is 0 Å². The minimum Gasteiger partial charge on any atom is -0.357 e. The van der Waals surface area contributed by atoms with Crippen molar-refractivity contribution in [1.82, 2.24) is 15.5 Å². The highest BCUT2D eigenvalue weighted by molar-refractivity contribution is 5.90. The van der Waals surface area contributed by atoms with Crippen molar-refractivity contribution in [2.75, 3.05) is 21.1 Å². The van der Waals surface area contributed by atoms with Crippen LogP contribution in [0.3, 0.4) is 0 Å². The Morgan fingerprint density at radius 1 is 0.903 bits per heavy atom. The summed E-state index contributed by atoms with van der Waals surface area (Å²) in [7, 11) is 4.92. The van der Waals surface area contributed by atoms with Gasteiger partial charge in [-0.05, 0) is 47.5 Å². The second kappa shape index (κ2) is 10.2. The molecule has 0 aliphatic rings. The first-order chi connectivity index (χ1) is 14.9. The number of benzene rings is 3. The number of halogens is 1. The van der Waals surface area contributed by atoms with Crippen LogP contribution in [0.15, 0.2) is 66.7 Å². The van der Waals surface area contributed by atoms with Gasteiger partial charge in [-0.3, -0.25) is 9.59 Å². The number of hydrogen-bond donors (Lipinski definition) is 2. The zero-order chi connectivity index (χ0) is 22.4. The molecule has 3 aromatic carbocycles. The van der Waals surface area contributed by atoms with E-state index in [-0.39, 0.29) is 17.6 Å². The summed E-state index contributed by atoms with van der Waals surface area (Å²) in [6, 6.07) is 19.0. The molecule has 162 valence electrons. The van der Waals surface area contributed by atoms with Crippen molar-refractivity contribution >= 4 is 22.6 Å². The maximum Gasteiger partial charge on any atom is 0.242 e. The van der Waals surface area contributed by atoms with Crippen LogP contribution >= 0.6 is 0 Å². The van der Waals surface area contributed by atoms with Gasteiger partial charge in [-0.2, -0.15) is 0 Å². The van der Waals surface area contributed by atoms with Crippen molar-refractivity contribution < 1.29 is 14.0 Å². The zero-order valence-corrected chi connectivity index (χ0v) is 18.1. The molecular formula is C25H28FN3O2. The molecule has 0 saturated carbocycles. The Balaban J connectivity index is 1.78. The molecule has 0 heterocycles. The molecule has 0 aliphatic heterocycles. The highest BCUT2D eigenvalue weighted by atomic mass is 19.1. The summed E-state index contributed by atoms with van der Waals surface area (Å²) in [4.78, 5) is 27.3. The van der Waals surface area contributed by atoms with Crippen LogP contribution in [-0.4, -0.2) is 49.9 Å². The van der Waals surface area contributed by atoms with Crippen molar-refractivity contribution in [2.24, 2.45) is 0 Å². The van der Waals surface area contributed by atoms with E-state index in [1.54, 1.807) is 33.3 Å². The molecule has 2 N–H and O–H groups in total. The van der Waals surface area contributed by atoms with E-state index in [9.17, 15) is 14.0 Å². The summed E-state index contributed by atoms with van der Waals surface area (Å²) in [6.07, 6.45) is 0.802. The normalized spacial score (nSPS) is 12.9. The summed E-state index contributed by atoms with van der Waals surface area (Å²) < 4.78 is 13.2. The molecule has 2 amide bonds. The minimum absolute atomic E-state index is 0.175. The van der Waals surface area contributed by atoms with Gasteiger partial charge < -0.3 is 15.5 Å². The van der Waals surface area contributed by atoms with Crippen LogP contribution in [0.4, 0.5) is 4.39 Å². The minimum atomic E-state index is -0.699. The van der Waals surface area contributed by atoms with Crippen LogP contribution in [0.2, 0.25) is 0 Å². The van der Waals surface area contributed by atoms with Crippen LogP contribution in [0.5, 0.6) is 0 Å². The highest BCUT2D eigenvalue weighted by Gasteiger charge is 2.30. The highest BCUT2D eigenvalue weighted by Crippen LogP contribution is 2.18. The first-order valence-electron chi connectivity index (χ1n) is 10.3. The molecule has 5 nitrogen and oxygen atoms in total. The monoisotopic (exact) mass is 421 g/mol. The average Bonchev–Trinajstić information content (AvgIpc) is 2.80. The van der Waals surface area contributed by atoms with Crippen molar-refractivity contribution in [3.63, 3.8) is 0 Å². The molecule has 3 aromatic rings. The summed E-state index contributed by atoms with van der Waals surface area (Å²) in [6.45, 7) is 0. The molecule has 0 bridgehead atoms. The largest absolute Gasteiger partial charge is 0.357 e. The zero-order valence-electron chi connectivity index (χ0n) is 18.1. The number of amides is 2. The number of nitrogens with one attached hydrogen (secondary N) is 2. The SMILES string of the molecule is CNC(=O)C(Cc1ccc(F)cc1)N(C)C(=O)C(Cc1ccc2ccccc2c1)NC. The molecule has 0 fully saturated rings. The molecule has 31 heavy (non-hydrogen) atoms. The molecule has 0 radical (unpaired) electrons. The number of nitrogens with zero attached hydrogens (tertiary/aromatic N) is 1. The Bertz CT molecular complexity index is 1050. The average molecular weight is 422 g/mol. The summed E-state index contributed by atoms with van der Waals surface area (Å²) in [5.41, 5.74) is 1.82. The number of likely N-dealkylation sites (N-methyl/N-ethyl adjacent to an activating group) is 3. The van der Waals surface area contributed by atoms with E-state index in [1.807, 2.05) is 30.3 Å². The standard InChI is InChI=1S/C25H28FN3O2/c1-27-22(15-18-8-11-19-6-4-5-7-20(19)14-18)25(31)29(3)23(24(30)28-2)16-17-9-12-21(26)13-10-17/h4-14,22-23,27H,15-16H2,1-3H3,(H,28,30). The van der Waals surface area contributed by atoms with E-state index in [2.05, 4.69) is 22.8 Å². The van der Waals surface area contributed by atoms with Gasteiger partial charge >= 0.3 is 0 Å². The predicted octanol–water partition coefficient (Wildman–Crippen LogP) is 2.93. The Labute approximate surface area is 182 Å². The van der Waals surface area contributed by atoms with Gasteiger partial charge in [-0.25, -0.2) is 4.39 Å². The van der Waals surface area contributed by atoms with Gasteiger partial charge in [0.15, 0.2) is 0 Å². The van der Waals surface area contributed by atoms with E-state index in [0.717, 1.165) is 21.9 Å². The summed E-state index contributed by atoms with van der Waals surface area (Å²) >= 11 is 0. The fourth-order valence-electron chi connectivity index (χ4n) is 3.73. The summed E-state index contributed by atoms with van der Waals surface area (Å²) in [5.74, 6) is -0.776. The number of hydrogen-bond acceptors (Lipinski definition) is 3. The van der Waals surface area contributed by atoms with Gasteiger partial charge in [0.1, 0.15) is 11.9 Å². The molecular weight excluding hydrogens is 393 g/mol. The second-order valence-corrected chi connectivity index (χ2v) is 7.64. The third kappa shape index (κ3) is 5.47. The molecule has 0 aliphatic carbocycles. The molecule has 2 atom stereocenters. The van der Waals surface area contributed by atoms with E-state index in [0.29, 0.717) is 12.8 Å². The maximum atomic E-state index is 13.3. The lowest BCUT2D eigenvalue weighted by Gasteiger charge is -2.30. The van der Waals surface area contributed by atoms with Crippen LogP contribution in [0.1, 0.15) is 11.1 Å². The molecule has 2 unspecified atom stereocenters. The Morgan fingerprint density at radius 3 is 2.19 bits per heavy atom. The molecule has 3 rings (SSSR count). The number of carbonyl (C=O) groups excluding carboxylic acids is 2. The number of rotatable bonds is 8. The van der Waals surface area contributed by atoms with Crippen molar-refractivity contribution in [3.05, 3.63) is 83.7 Å². The predicted molar refractivity (Wildman–Crippen MR) is 121 cm³/mol. The second-order valence-electron chi connectivity index (χ2n) is 7.64. The third-order valence-electron chi connectivity index (χ3n) is 5.61. The number of fused-ring (bicyclic) bond motifs is 1. The van der Waals surface area contributed by atoms with Gasteiger partial charge in [0.05, 0.1) is 6.04 Å². The number of carbonyl (C=O) groups is 2. The quantitative estimate of drug-likeness (QED) is 0.588. The first kappa shape index (κ1) is 22.4. The smallest absolute Gasteiger partial charge is 0.242 e.